The topological polar surface area (TPSA) is 109 Å². The monoisotopic (exact) mass is 498 g/mol. The van der Waals surface area contributed by atoms with Crippen LogP contribution in [0.5, 0.6) is 0 Å². The molecule has 0 radical (unpaired) electrons. The average Bonchev–Trinajstić information content (AvgIpc) is 2.97. The molecular formula is C30H42O6. The fraction of sp³-hybridized carbons (Fsp3) is 0.733. The first-order valence-corrected chi connectivity index (χ1v) is 13.4. The van der Waals surface area contributed by atoms with Gasteiger partial charge in [-0.25, -0.2) is 0 Å². The van der Waals surface area contributed by atoms with Crippen LogP contribution in [-0.2, 0) is 19.2 Å². The Morgan fingerprint density at radius 3 is 2.36 bits per heavy atom. The lowest BCUT2D eigenvalue weighted by Crippen LogP contribution is -2.57. The largest absolute Gasteiger partial charge is 0.481 e. The molecule has 6 heteroatoms. The van der Waals surface area contributed by atoms with E-state index < -0.39 is 34.2 Å². The van der Waals surface area contributed by atoms with Crippen LogP contribution in [0.1, 0.15) is 93.4 Å². The van der Waals surface area contributed by atoms with E-state index in [1.807, 2.05) is 20.8 Å². The third kappa shape index (κ3) is 3.53. The van der Waals surface area contributed by atoms with Gasteiger partial charge in [-0.1, -0.05) is 52.7 Å². The minimum absolute atomic E-state index is 0.0710. The van der Waals surface area contributed by atoms with Crippen molar-refractivity contribution in [3.05, 3.63) is 22.8 Å². The van der Waals surface area contributed by atoms with Crippen molar-refractivity contribution in [2.24, 2.45) is 39.4 Å². The Balaban J connectivity index is 1.76. The zero-order valence-electron chi connectivity index (χ0n) is 22.9. The summed E-state index contributed by atoms with van der Waals surface area (Å²) in [7, 11) is 0. The molecule has 0 bridgehead atoms. The summed E-state index contributed by atoms with van der Waals surface area (Å²) in [5.41, 5.74) is 0.738. The van der Waals surface area contributed by atoms with Crippen LogP contribution in [0.4, 0.5) is 0 Å². The first kappa shape index (κ1) is 27.0. The number of fused-ring (bicyclic) bond motifs is 4. The zero-order valence-corrected chi connectivity index (χ0v) is 22.9. The van der Waals surface area contributed by atoms with E-state index in [-0.39, 0.29) is 41.0 Å². The van der Waals surface area contributed by atoms with E-state index in [0.29, 0.717) is 32.1 Å². The number of carbonyl (C=O) groups is 4. The van der Waals surface area contributed by atoms with Crippen molar-refractivity contribution in [2.45, 2.75) is 99.5 Å². The molecule has 0 aliphatic heterocycles. The number of allylic oxidation sites excluding steroid dienone is 3. The van der Waals surface area contributed by atoms with Crippen LogP contribution in [0.15, 0.2) is 22.8 Å². The van der Waals surface area contributed by atoms with Crippen LogP contribution in [0.3, 0.4) is 0 Å². The number of carboxylic acid groups (broad SMARTS) is 1. The van der Waals surface area contributed by atoms with Gasteiger partial charge < -0.3 is 10.2 Å². The van der Waals surface area contributed by atoms with Gasteiger partial charge in [0.25, 0.3) is 0 Å². The predicted molar refractivity (Wildman–Crippen MR) is 136 cm³/mol. The maximum Gasteiger partial charge on any atom is 0.306 e. The smallest absolute Gasteiger partial charge is 0.306 e. The molecule has 4 aliphatic rings. The van der Waals surface area contributed by atoms with E-state index in [1.165, 1.54) is 13.0 Å². The first-order chi connectivity index (χ1) is 16.5. The third-order valence-corrected chi connectivity index (χ3v) is 11.2. The second-order valence-electron chi connectivity index (χ2n) is 13.3. The molecule has 2 saturated carbocycles. The molecule has 7 unspecified atom stereocenters. The van der Waals surface area contributed by atoms with Crippen molar-refractivity contribution in [1.29, 1.82) is 0 Å². The number of aliphatic carboxylic acids is 1. The van der Waals surface area contributed by atoms with E-state index in [9.17, 15) is 24.3 Å². The fourth-order valence-electron chi connectivity index (χ4n) is 8.83. The van der Waals surface area contributed by atoms with Gasteiger partial charge in [0.2, 0.25) is 0 Å². The Bertz CT molecular complexity index is 1090. The Hall–Kier alpha value is -2.08. The molecule has 4 aliphatic carbocycles. The minimum Gasteiger partial charge on any atom is -0.481 e. The highest BCUT2D eigenvalue weighted by Gasteiger charge is 2.68. The lowest BCUT2D eigenvalue weighted by Gasteiger charge is -2.60. The number of hydrogen-bond acceptors (Lipinski definition) is 5. The maximum absolute atomic E-state index is 14.0. The summed E-state index contributed by atoms with van der Waals surface area (Å²) in [6.07, 6.45) is 4.25. The minimum atomic E-state index is -1.00. The van der Waals surface area contributed by atoms with E-state index in [4.69, 9.17) is 5.11 Å². The number of carboxylic acids is 1. The Kier molecular flexibility index (Phi) is 6.35. The van der Waals surface area contributed by atoms with Gasteiger partial charge in [0.05, 0.1) is 12.0 Å². The van der Waals surface area contributed by atoms with Gasteiger partial charge in [-0.05, 0) is 55.9 Å². The lowest BCUT2D eigenvalue weighted by molar-refractivity contribution is -0.142. The van der Waals surface area contributed by atoms with Gasteiger partial charge in [0.1, 0.15) is 5.78 Å². The average molecular weight is 499 g/mol. The van der Waals surface area contributed by atoms with Crippen LogP contribution in [0.25, 0.3) is 0 Å². The second kappa shape index (κ2) is 8.47. The Labute approximate surface area is 214 Å². The number of aliphatic hydroxyl groups excluding tert-OH is 1. The van der Waals surface area contributed by atoms with E-state index in [2.05, 4.69) is 20.8 Å². The molecule has 0 amide bonds. The van der Waals surface area contributed by atoms with E-state index in [0.717, 1.165) is 23.1 Å². The third-order valence-electron chi connectivity index (χ3n) is 11.2. The Morgan fingerprint density at radius 2 is 1.75 bits per heavy atom. The number of hydrogen-bond donors (Lipinski definition) is 2. The number of aliphatic hydroxyl groups is 1. The number of carbonyl (C=O) groups excluding carboxylic acids is 3. The van der Waals surface area contributed by atoms with Gasteiger partial charge in [0.15, 0.2) is 11.6 Å². The lowest BCUT2D eigenvalue weighted by atomic mass is 9.43. The molecule has 2 N–H and O–H groups in total. The fourth-order valence-corrected chi connectivity index (χ4v) is 8.83. The summed E-state index contributed by atoms with van der Waals surface area (Å²) < 4.78 is 0. The van der Waals surface area contributed by atoms with Gasteiger partial charge in [-0.2, -0.15) is 0 Å². The summed E-state index contributed by atoms with van der Waals surface area (Å²) in [4.78, 5) is 50.6. The van der Waals surface area contributed by atoms with Crippen molar-refractivity contribution >= 4 is 23.3 Å². The number of ketones is 3. The molecule has 0 aromatic rings. The maximum atomic E-state index is 14.0. The quantitative estimate of drug-likeness (QED) is 0.512. The SMILES string of the molecule is CC(=CC(=O)CC(C)C(=O)O)C1CC(O)C2(C)C3=C(C(=O)CC12C)C1(C)CCC(=O)C(C)(C)C1CC3. The number of rotatable bonds is 5. The molecule has 0 aromatic heterocycles. The zero-order chi connectivity index (χ0) is 27.0. The summed E-state index contributed by atoms with van der Waals surface area (Å²) >= 11 is 0. The predicted octanol–water partition coefficient (Wildman–Crippen LogP) is 5.08. The van der Waals surface area contributed by atoms with Crippen LogP contribution < -0.4 is 0 Å². The van der Waals surface area contributed by atoms with Crippen LogP contribution in [-0.4, -0.2) is 39.6 Å². The highest BCUT2D eigenvalue weighted by molar-refractivity contribution is 6.01. The molecule has 0 saturated heterocycles. The van der Waals surface area contributed by atoms with Crippen molar-refractivity contribution in [1.82, 2.24) is 0 Å². The molecule has 4 rings (SSSR count). The molecule has 0 aromatic carbocycles. The van der Waals surface area contributed by atoms with Crippen molar-refractivity contribution < 1.29 is 29.4 Å². The molecular weight excluding hydrogens is 456 g/mol. The molecule has 0 spiro atoms. The summed E-state index contributed by atoms with van der Waals surface area (Å²) in [5, 5.41) is 20.7. The normalized spacial score (nSPS) is 40.9. The van der Waals surface area contributed by atoms with Crippen molar-refractivity contribution in [3.63, 3.8) is 0 Å². The molecule has 6 nitrogen and oxygen atoms in total. The number of Topliss-reactive ketones (excluding diaryl/α,β-unsaturated/α-hetero) is 2. The van der Waals surface area contributed by atoms with Gasteiger partial charge in [-0.3, -0.25) is 19.2 Å². The highest BCUT2D eigenvalue weighted by Crippen LogP contribution is 2.71. The molecule has 0 heterocycles. The van der Waals surface area contributed by atoms with Gasteiger partial charge in [0, 0.05) is 41.1 Å². The molecule has 198 valence electrons. The van der Waals surface area contributed by atoms with Crippen LogP contribution in [0.2, 0.25) is 0 Å². The van der Waals surface area contributed by atoms with Gasteiger partial charge >= 0.3 is 5.97 Å². The van der Waals surface area contributed by atoms with E-state index in [1.54, 1.807) is 0 Å². The molecule has 7 atom stereocenters. The Morgan fingerprint density at radius 1 is 1.11 bits per heavy atom. The van der Waals surface area contributed by atoms with Crippen molar-refractivity contribution in [2.75, 3.05) is 0 Å². The van der Waals surface area contributed by atoms with Crippen LogP contribution >= 0.6 is 0 Å². The summed E-state index contributed by atoms with van der Waals surface area (Å²) in [6, 6.07) is 0. The summed E-state index contributed by atoms with van der Waals surface area (Å²) in [6.45, 7) is 13.8. The second-order valence-corrected chi connectivity index (χ2v) is 13.3. The standard InChI is InChI=1S/C30H42O6/c1-16(12-18(31)13-17(2)26(35)36)20-14-24(34)30(7)19-8-9-22-27(3,4)23(33)10-11-28(22,5)25(19)21(32)15-29(20,30)6/h12,17,20,22,24,34H,8-11,13-15H2,1-7H3,(H,35,36). The van der Waals surface area contributed by atoms with Crippen molar-refractivity contribution in [3.8, 4) is 0 Å². The molecule has 2 fully saturated rings. The van der Waals surface area contributed by atoms with E-state index >= 15 is 0 Å². The highest BCUT2D eigenvalue weighted by atomic mass is 16.4. The first-order valence-electron chi connectivity index (χ1n) is 13.4. The van der Waals surface area contributed by atoms with Crippen LogP contribution in [0, 0.1) is 39.4 Å². The molecule has 36 heavy (non-hydrogen) atoms. The summed E-state index contributed by atoms with van der Waals surface area (Å²) in [5.74, 6) is -1.65. The van der Waals surface area contributed by atoms with Gasteiger partial charge in [-0.15, -0.1) is 0 Å².